The molecule has 0 atom stereocenters. The summed E-state index contributed by atoms with van der Waals surface area (Å²) in [5, 5.41) is 9.23. The quantitative estimate of drug-likeness (QED) is 0.852. The van der Waals surface area contributed by atoms with E-state index in [4.69, 9.17) is 4.42 Å². The first-order valence-electron chi connectivity index (χ1n) is 6.54. The van der Waals surface area contributed by atoms with Crippen LogP contribution in [0.5, 0.6) is 0 Å². The van der Waals surface area contributed by atoms with Gasteiger partial charge in [-0.05, 0) is 24.5 Å². The molecule has 1 aromatic heterocycles. The van der Waals surface area contributed by atoms with E-state index in [1.54, 1.807) is 23.9 Å². The van der Waals surface area contributed by atoms with E-state index in [0.717, 1.165) is 0 Å². The van der Waals surface area contributed by atoms with E-state index in [1.807, 2.05) is 6.07 Å². The van der Waals surface area contributed by atoms with Crippen LogP contribution in [-0.4, -0.2) is 15.4 Å². The second kappa shape index (κ2) is 5.74. The summed E-state index contributed by atoms with van der Waals surface area (Å²) in [6.07, 6.45) is 5.36. The number of thioether (sulfide) groups is 1. The monoisotopic (exact) mass is 278 g/mol. The van der Waals surface area contributed by atoms with Gasteiger partial charge in [0.1, 0.15) is 5.82 Å². The van der Waals surface area contributed by atoms with Crippen molar-refractivity contribution in [1.29, 1.82) is 0 Å². The van der Waals surface area contributed by atoms with Gasteiger partial charge in [-0.3, -0.25) is 0 Å². The molecule has 2 aromatic rings. The smallest absolute Gasteiger partial charge is 0.276 e. The lowest BCUT2D eigenvalue weighted by Crippen LogP contribution is -1.92. The first kappa shape index (κ1) is 12.7. The van der Waals surface area contributed by atoms with Crippen molar-refractivity contribution in [2.24, 2.45) is 0 Å². The molecule has 0 bridgehead atoms. The molecule has 5 heteroatoms. The molecular formula is C14H15FN2OS. The average Bonchev–Trinajstić information content (AvgIpc) is 3.05. The highest BCUT2D eigenvalue weighted by Gasteiger charge is 2.19. The lowest BCUT2D eigenvalue weighted by molar-refractivity contribution is 0.417. The van der Waals surface area contributed by atoms with Crippen LogP contribution in [0.3, 0.4) is 0 Å². The van der Waals surface area contributed by atoms with Gasteiger partial charge in [0.25, 0.3) is 5.22 Å². The third-order valence-electron chi connectivity index (χ3n) is 3.32. The van der Waals surface area contributed by atoms with Crippen molar-refractivity contribution in [3.05, 3.63) is 41.5 Å². The molecule has 1 aliphatic carbocycles. The van der Waals surface area contributed by atoms with Gasteiger partial charge >= 0.3 is 0 Å². The van der Waals surface area contributed by atoms with Crippen LogP contribution in [0.4, 0.5) is 4.39 Å². The number of hydrogen-bond donors (Lipinski definition) is 0. The summed E-state index contributed by atoms with van der Waals surface area (Å²) in [7, 11) is 0. The predicted molar refractivity (Wildman–Crippen MR) is 71.6 cm³/mol. The molecule has 100 valence electrons. The molecule has 1 heterocycles. The fourth-order valence-corrected chi connectivity index (χ4v) is 3.40. The third kappa shape index (κ3) is 3.15. The van der Waals surface area contributed by atoms with Gasteiger partial charge in [0.2, 0.25) is 5.89 Å². The normalized spacial score (nSPS) is 16.1. The molecule has 3 rings (SSSR count). The fraction of sp³-hybridized carbons (Fsp3) is 0.429. The molecule has 1 fully saturated rings. The zero-order valence-electron chi connectivity index (χ0n) is 10.5. The maximum atomic E-state index is 13.5. The molecule has 0 amide bonds. The summed E-state index contributed by atoms with van der Waals surface area (Å²) in [6.45, 7) is 0. The number of benzene rings is 1. The minimum absolute atomic E-state index is 0.231. The van der Waals surface area contributed by atoms with Crippen LogP contribution in [0.25, 0.3) is 0 Å². The highest BCUT2D eigenvalue weighted by Crippen LogP contribution is 2.34. The molecule has 0 saturated heterocycles. The van der Waals surface area contributed by atoms with Gasteiger partial charge in [0.05, 0.1) is 6.42 Å². The molecule has 1 aliphatic rings. The van der Waals surface area contributed by atoms with Crippen LogP contribution in [-0.2, 0) is 6.42 Å². The van der Waals surface area contributed by atoms with Crippen LogP contribution in [0.2, 0.25) is 0 Å². The first-order valence-corrected chi connectivity index (χ1v) is 7.41. The van der Waals surface area contributed by atoms with Gasteiger partial charge in [0.15, 0.2) is 0 Å². The average molecular weight is 278 g/mol. The Morgan fingerprint density at radius 2 is 2.00 bits per heavy atom. The summed E-state index contributed by atoms with van der Waals surface area (Å²) >= 11 is 1.65. The Morgan fingerprint density at radius 1 is 1.21 bits per heavy atom. The fourth-order valence-electron chi connectivity index (χ4n) is 2.31. The largest absolute Gasteiger partial charge is 0.416 e. The third-order valence-corrected chi connectivity index (χ3v) is 4.49. The van der Waals surface area contributed by atoms with Crippen molar-refractivity contribution in [3.63, 3.8) is 0 Å². The second-order valence-electron chi connectivity index (χ2n) is 4.75. The van der Waals surface area contributed by atoms with E-state index >= 15 is 0 Å². The first-order chi connectivity index (χ1) is 9.31. The van der Waals surface area contributed by atoms with Gasteiger partial charge in [-0.2, -0.15) is 0 Å². The van der Waals surface area contributed by atoms with E-state index in [1.165, 1.54) is 31.7 Å². The van der Waals surface area contributed by atoms with Gasteiger partial charge in [-0.1, -0.05) is 42.8 Å². The minimum Gasteiger partial charge on any atom is -0.416 e. The molecule has 0 N–H and O–H groups in total. The lowest BCUT2D eigenvalue weighted by Gasteiger charge is -2.02. The van der Waals surface area contributed by atoms with Crippen molar-refractivity contribution in [2.45, 2.75) is 42.6 Å². The topological polar surface area (TPSA) is 38.9 Å². The molecule has 3 nitrogen and oxygen atoms in total. The second-order valence-corrected chi connectivity index (χ2v) is 6.01. The van der Waals surface area contributed by atoms with E-state index in [-0.39, 0.29) is 5.82 Å². The van der Waals surface area contributed by atoms with E-state index < -0.39 is 0 Å². The zero-order valence-corrected chi connectivity index (χ0v) is 11.3. The van der Waals surface area contributed by atoms with Crippen molar-refractivity contribution in [1.82, 2.24) is 10.2 Å². The van der Waals surface area contributed by atoms with E-state index in [9.17, 15) is 4.39 Å². The predicted octanol–water partition coefficient (Wildman–Crippen LogP) is 3.83. The molecule has 0 radical (unpaired) electrons. The number of nitrogens with zero attached hydrogens (tertiary/aromatic N) is 2. The molecule has 0 aliphatic heterocycles. The summed E-state index contributed by atoms with van der Waals surface area (Å²) in [5.41, 5.74) is 0.587. The Bertz CT molecular complexity index is 552. The number of rotatable bonds is 4. The van der Waals surface area contributed by atoms with Crippen LogP contribution >= 0.6 is 11.8 Å². The van der Waals surface area contributed by atoms with Gasteiger partial charge in [-0.15, -0.1) is 10.2 Å². The number of aromatic nitrogens is 2. The summed E-state index contributed by atoms with van der Waals surface area (Å²) in [4.78, 5) is 0. The minimum atomic E-state index is -0.231. The summed E-state index contributed by atoms with van der Waals surface area (Å²) in [6, 6.07) is 6.67. The molecule has 0 unspecified atom stereocenters. The number of halogens is 1. The number of hydrogen-bond acceptors (Lipinski definition) is 4. The van der Waals surface area contributed by atoms with Crippen molar-refractivity contribution >= 4 is 11.8 Å². The van der Waals surface area contributed by atoms with Crippen LogP contribution in [0, 0.1) is 5.82 Å². The van der Waals surface area contributed by atoms with Crippen molar-refractivity contribution in [2.75, 3.05) is 0 Å². The van der Waals surface area contributed by atoms with Crippen molar-refractivity contribution in [3.8, 4) is 0 Å². The molecule has 0 spiro atoms. The Balaban J connectivity index is 1.66. The SMILES string of the molecule is Fc1ccccc1Cc1nnc(SC2CCCC2)o1. The Hall–Kier alpha value is -1.36. The highest BCUT2D eigenvalue weighted by molar-refractivity contribution is 7.99. The van der Waals surface area contributed by atoms with Crippen LogP contribution in [0.15, 0.2) is 33.9 Å². The molecule has 1 saturated carbocycles. The zero-order chi connectivity index (χ0) is 13.1. The molecule has 1 aromatic carbocycles. The maximum absolute atomic E-state index is 13.5. The summed E-state index contributed by atoms with van der Waals surface area (Å²) in [5.74, 6) is 0.247. The van der Waals surface area contributed by atoms with E-state index in [0.29, 0.717) is 28.3 Å². The Morgan fingerprint density at radius 3 is 2.79 bits per heavy atom. The van der Waals surface area contributed by atoms with Crippen LogP contribution < -0.4 is 0 Å². The standard InChI is InChI=1S/C14H15FN2OS/c15-12-8-4-1-5-10(12)9-13-16-17-14(18-13)19-11-6-2-3-7-11/h1,4-5,8,11H,2-3,6-7,9H2. The van der Waals surface area contributed by atoms with Gasteiger partial charge in [-0.25, -0.2) is 4.39 Å². The van der Waals surface area contributed by atoms with Gasteiger partial charge < -0.3 is 4.42 Å². The van der Waals surface area contributed by atoms with E-state index in [2.05, 4.69) is 10.2 Å². The summed E-state index contributed by atoms with van der Waals surface area (Å²) < 4.78 is 19.1. The Kier molecular flexibility index (Phi) is 3.82. The Labute approximate surface area is 115 Å². The van der Waals surface area contributed by atoms with Crippen molar-refractivity contribution < 1.29 is 8.81 Å². The highest BCUT2D eigenvalue weighted by atomic mass is 32.2. The van der Waals surface area contributed by atoms with Crippen LogP contribution in [0.1, 0.15) is 37.1 Å². The lowest BCUT2D eigenvalue weighted by atomic mass is 10.1. The van der Waals surface area contributed by atoms with Gasteiger partial charge in [0, 0.05) is 5.25 Å². The maximum Gasteiger partial charge on any atom is 0.276 e. The molecule has 19 heavy (non-hydrogen) atoms. The molecular weight excluding hydrogens is 263 g/mol.